The van der Waals surface area contributed by atoms with Crippen LogP contribution in [0.5, 0.6) is 11.5 Å². The molecule has 0 fully saturated rings. The van der Waals surface area contributed by atoms with E-state index in [2.05, 4.69) is 6.92 Å². The van der Waals surface area contributed by atoms with Gasteiger partial charge in [-0.05, 0) is 30.2 Å². The van der Waals surface area contributed by atoms with Crippen LogP contribution in [0.15, 0.2) is 72.8 Å². The third-order valence-electron chi connectivity index (χ3n) is 6.11. The van der Waals surface area contributed by atoms with Crippen LogP contribution in [-0.2, 0) is 16.8 Å². The first kappa shape index (κ1) is 23.5. The van der Waals surface area contributed by atoms with E-state index in [1.54, 1.807) is 55.6 Å². The molecule has 1 amide bonds. The predicted molar refractivity (Wildman–Crippen MR) is 131 cm³/mol. The average molecular weight is 460 g/mol. The molecule has 176 valence electrons. The van der Waals surface area contributed by atoms with Crippen molar-refractivity contribution in [1.82, 2.24) is 0 Å². The van der Waals surface area contributed by atoms with Gasteiger partial charge in [-0.25, -0.2) is 0 Å². The summed E-state index contributed by atoms with van der Waals surface area (Å²) >= 11 is 0. The van der Waals surface area contributed by atoms with Crippen LogP contribution in [0.3, 0.4) is 0 Å². The maximum atomic E-state index is 13.4. The number of rotatable bonds is 10. The van der Waals surface area contributed by atoms with Crippen LogP contribution < -0.4 is 14.4 Å². The number of nitrogens with zero attached hydrogens (tertiary/aromatic N) is 1. The van der Waals surface area contributed by atoms with Crippen LogP contribution in [0.2, 0.25) is 0 Å². The van der Waals surface area contributed by atoms with E-state index in [0.29, 0.717) is 28.3 Å². The van der Waals surface area contributed by atoms with Crippen LogP contribution in [-0.4, -0.2) is 37.1 Å². The number of fused-ring (bicyclic) bond motifs is 1. The fourth-order valence-electron chi connectivity index (χ4n) is 4.36. The smallest absolute Gasteiger partial charge is 0.264 e. The van der Waals surface area contributed by atoms with Crippen molar-refractivity contribution in [3.63, 3.8) is 0 Å². The summed E-state index contributed by atoms with van der Waals surface area (Å²) in [6.45, 7) is 2.52. The zero-order valence-corrected chi connectivity index (χ0v) is 19.5. The van der Waals surface area contributed by atoms with Gasteiger partial charge in [0.1, 0.15) is 6.61 Å². The fourth-order valence-corrected chi connectivity index (χ4v) is 4.36. The maximum absolute atomic E-state index is 13.4. The van der Waals surface area contributed by atoms with E-state index < -0.39 is 11.5 Å². The first-order valence-corrected chi connectivity index (χ1v) is 11.5. The number of aryl methyl sites for hydroxylation is 1. The van der Waals surface area contributed by atoms with E-state index in [-0.39, 0.29) is 25.4 Å². The Morgan fingerprint density at radius 2 is 1.65 bits per heavy atom. The van der Waals surface area contributed by atoms with Crippen molar-refractivity contribution in [1.29, 1.82) is 0 Å². The van der Waals surface area contributed by atoms with Gasteiger partial charge in [0, 0.05) is 11.1 Å². The minimum absolute atomic E-state index is 0.198. The number of ketones is 1. The van der Waals surface area contributed by atoms with Crippen LogP contribution in [0.25, 0.3) is 0 Å². The van der Waals surface area contributed by atoms with Gasteiger partial charge in [-0.15, -0.1) is 0 Å². The third-order valence-corrected chi connectivity index (χ3v) is 6.11. The Morgan fingerprint density at radius 3 is 2.35 bits per heavy atom. The van der Waals surface area contributed by atoms with Crippen LogP contribution in [0.4, 0.5) is 5.69 Å². The van der Waals surface area contributed by atoms with Crippen molar-refractivity contribution in [3.8, 4) is 11.5 Å². The lowest BCUT2D eigenvalue weighted by Gasteiger charge is -2.23. The van der Waals surface area contributed by atoms with Gasteiger partial charge in [0.2, 0.25) is 0 Å². The lowest BCUT2D eigenvalue weighted by atomic mass is 9.88. The molecule has 3 aromatic carbocycles. The lowest BCUT2D eigenvalue weighted by Crippen LogP contribution is -2.43. The Bertz CT molecular complexity index is 1170. The number of methoxy groups -OCH3 is 1. The summed E-state index contributed by atoms with van der Waals surface area (Å²) < 4.78 is 11.1. The molecule has 1 aliphatic rings. The summed E-state index contributed by atoms with van der Waals surface area (Å²) in [6.07, 6.45) is 1.64. The van der Waals surface area contributed by atoms with Crippen molar-refractivity contribution < 1.29 is 24.2 Å². The Hall–Kier alpha value is -3.64. The van der Waals surface area contributed by atoms with Crippen molar-refractivity contribution >= 4 is 17.4 Å². The topological polar surface area (TPSA) is 76.1 Å². The molecule has 1 aliphatic heterocycles. The van der Waals surface area contributed by atoms with Gasteiger partial charge in [-0.1, -0.05) is 67.9 Å². The molecule has 1 atom stereocenters. The maximum Gasteiger partial charge on any atom is 0.264 e. The summed E-state index contributed by atoms with van der Waals surface area (Å²) in [5.41, 5.74) is 0.746. The molecule has 0 aromatic heterocycles. The summed E-state index contributed by atoms with van der Waals surface area (Å²) in [5.74, 6) is 0.374. The monoisotopic (exact) mass is 459 g/mol. The van der Waals surface area contributed by atoms with Gasteiger partial charge in [0.15, 0.2) is 22.9 Å². The van der Waals surface area contributed by atoms with Crippen molar-refractivity contribution in [2.75, 3.05) is 25.2 Å². The summed E-state index contributed by atoms with van der Waals surface area (Å²) in [6, 6.07) is 21.7. The zero-order chi connectivity index (χ0) is 24.1. The number of ether oxygens (including phenoxy) is 2. The highest BCUT2D eigenvalue weighted by atomic mass is 16.5. The number of carbonyl (C=O) groups is 2. The standard InChI is InChI=1S/C28H29NO5/c1-3-8-20-13-15-21(16-14-20)24(30)19-28(32)22-9-4-5-10-23(22)29(27(28)31)17-18-34-26-12-7-6-11-25(26)33-2/h4-7,9-16,32H,3,8,17-19H2,1-2H3/t28-/m0/s1. The van der Waals surface area contributed by atoms with Crippen molar-refractivity contribution in [3.05, 3.63) is 89.5 Å². The molecule has 0 saturated heterocycles. The number of hydrogen-bond donors (Lipinski definition) is 1. The molecule has 3 aromatic rings. The van der Waals surface area contributed by atoms with E-state index in [4.69, 9.17) is 9.47 Å². The van der Waals surface area contributed by atoms with E-state index >= 15 is 0 Å². The van der Waals surface area contributed by atoms with Crippen LogP contribution in [0, 0.1) is 0 Å². The number of aliphatic hydroxyl groups is 1. The van der Waals surface area contributed by atoms with Crippen LogP contribution in [0.1, 0.15) is 41.3 Å². The molecule has 6 nitrogen and oxygen atoms in total. The minimum Gasteiger partial charge on any atom is -0.493 e. The minimum atomic E-state index is -1.92. The highest BCUT2D eigenvalue weighted by molar-refractivity contribution is 6.10. The molecule has 0 radical (unpaired) electrons. The van der Waals surface area contributed by atoms with Crippen LogP contribution >= 0.6 is 0 Å². The Kier molecular flexibility index (Phi) is 6.98. The van der Waals surface area contributed by atoms with Gasteiger partial charge in [-0.2, -0.15) is 0 Å². The molecular weight excluding hydrogens is 430 g/mol. The summed E-state index contributed by atoms with van der Waals surface area (Å²) in [7, 11) is 1.57. The summed E-state index contributed by atoms with van der Waals surface area (Å²) in [5, 5.41) is 11.5. The second-order valence-electron chi connectivity index (χ2n) is 8.38. The summed E-state index contributed by atoms with van der Waals surface area (Å²) in [4.78, 5) is 27.9. The number of hydrogen-bond acceptors (Lipinski definition) is 5. The number of amides is 1. The number of Topliss-reactive ketones (excluding diaryl/α,β-unsaturated/α-hetero) is 1. The van der Waals surface area contributed by atoms with Gasteiger partial charge < -0.3 is 19.5 Å². The number of para-hydroxylation sites is 3. The number of benzene rings is 3. The molecule has 0 saturated carbocycles. The Morgan fingerprint density at radius 1 is 0.971 bits per heavy atom. The molecule has 0 unspecified atom stereocenters. The first-order chi connectivity index (χ1) is 16.5. The van der Waals surface area contributed by atoms with E-state index in [1.165, 1.54) is 4.90 Å². The van der Waals surface area contributed by atoms with E-state index in [0.717, 1.165) is 18.4 Å². The number of anilines is 1. The lowest BCUT2D eigenvalue weighted by molar-refractivity contribution is -0.135. The van der Waals surface area contributed by atoms with Gasteiger partial charge >= 0.3 is 0 Å². The highest BCUT2D eigenvalue weighted by Gasteiger charge is 2.50. The molecular formula is C28H29NO5. The van der Waals surface area contributed by atoms with Crippen molar-refractivity contribution in [2.24, 2.45) is 0 Å². The molecule has 0 aliphatic carbocycles. The second-order valence-corrected chi connectivity index (χ2v) is 8.38. The normalized spacial score (nSPS) is 16.9. The third kappa shape index (κ3) is 4.54. The molecule has 0 spiro atoms. The quantitative estimate of drug-likeness (QED) is 0.451. The fraction of sp³-hybridized carbons (Fsp3) is 0.286. The molecule has 34 heavy (non-hydrogen) atoms. The van der Waals surface area contributed by atoms with Gasteiger partial charge in [-0.3, -0.25) is 9.59 Å². The van der Waals surface area contributed by atoms with E-state index in [1.807, 2.05) is 24.3 Å². The molecule has 1 N–H and O–H groups in total. The Balaban J connectivity index is 1.51. The number of carbonyl (C=O) groups excluding carboxylic acids is 2. The molecule has 4 rings (SSSR count). The molecule has 6 heteroatoms. The van der Waals surface area contributed by atoms with Crippen molar-refractivity contribution in [2.45, 2.75) is 31.8 Å². The molecule has 0 bridgehead atoms. The SMILES string of the molecule is CCCc1ccc(C(=O)C[C@@]2(O)C(=O)N(CCOc3ccccc3OC)c3ccccc32)cc1. The second kappa shape index (κ2) is 10.1. The largest absolute Gasteiger partial charge is 0.493 e. The molecule has 1 heterocycles. The van der Waals surface area contributed by atoms with Gasteiger partial charge in [0.25, 0.3) is 5.91 Å². The Labute approximate surface area is 199 Å². The highest BCUT2D eigenvalue weighted by Crippen LogP contribution is 2.42. The zero-order valence-electron chi connectivity index (χ0n) is 19.5. The first-order valence-electron chi connectivity index (χ1n) is 11.5. The average Bonchev–Trinajstić information content (AvgIpc) is 3.06. The predicted octanol–water partition coefficient (Wildman–Crippen LogP) is 4.53. The van der Waals surface area contributed by atoms with E-state index in [9.17, 15) is 14.7 Å². The van der Waals surface area contributed by atoms with Gasteiger partial charge in [0.05, 0.1) is 25.8 Å².